The first-order valence-corrected chi connectivity index (χ1v) is 10.5. The molecule has 5 rings (SSSR count). The van der Waals surface area contributed by atoms with Gasteiger partial charge in [-0.15, -0.1) is 5.10 Å². The number of nitriles is 2. The number of anilines is 3. The molecule has 0 amide bonds. The average Bonchev–Trinajstić information content (AvgIpc) is 3.55. The third-order valence-corrected chi connectivity index (χ3v) is 5.27. The van der Waals surface area contributed by atoms with Crippen LogP contribution in [0.1, 0.15) is 24.1 Å². The van der Waals surface area contributed by atoms with Gasteiger partial charge in [0, 0.05) is 18.7 Å². The predicted molar refractivity (Wildman–Crippen MR) is 115 cm³/mol. The molecule has 12 heteroatoms. The van der Waals surface area contributed by atoms with Gasteiger partial charge < -0.3 is 25.4 Å². The zero-order valence-corrected chi connectivity index (χ0v) is 17.5. The summed E-state index contributed by atoms with van der Waals surface area (Å²) in [7, 11) is 0. The molecule has 1 atom stereocenters. The third kappa shape index (κ3) is 4.48. The molecule has 3 aromatic rings. The number of nitrogens with zero attached hydrogens (tertiary/aromatic N) is 6. The molecule has 3 N–H and O–H groups in total. The zero-order chi connectivity index (χ0) is 22.8. The molecule has 1 aliphatic heterocycles. The lowest BCUT2D eigenvalue weighted by Crippen LogP contribution is -2.44. The Labute approximate surface area is 188 Å². The van der Waals surface area contributed by atoms with E-state index in [1.165, 1.54) is 16.8 Å². The number of benzene rings is 1. The van der Waals surface area contributed by atoms with Gasteiger partial charge in [-0.25, -0.2) is 9.37 Å². The van der Waals surface area contributed by atoms with E-state index >= 15 is 0 Å². The van der Waals surface area contributed by atoms with Gasteiger partial charge in [0.25, 0.3) is 0 Å². The molecule has 11 nitrogen and oxygen atoms in total. The third-order valence-electron chi connectivity index (χ3n) is 5.27. The molecule has 3 heterocycles. The van der Waals surface area contributed by atoms with E-state index in [-0.39, 0.29) is 47.3 Å². The van der Waals surface area contributed by atoms with Crippen molar-refractivity contribution in [2.45, 2.75) is 24.9 Å². The quantitative estimate of drug-likeness (QED) is 0.487. The molecule has 1 aromatic carbocycles. The number of halogens is 1. The van der Waals surface area contributed by atoms with Crippen molar-refractivity contribution < 1.29 is 13.9 Å². The maximum Gasteiger partial charge on any atom is 0.247 e. The van der Waals surface area contributed by atoms with Crippen molar-refractivity contribution in [3.05, 3.63) is 35.4 Å². The monoisotopic (exact) mass is 449 g/mol. The van der Waals surface area contributed by atoms with E-state index in [9.17, 15) is 14.9 Å². The maximum absolute atomic E-state index is 14.9. The standard InChI is InChI=1S/C21H20FN9O2/c22-16-6-18(33-11-14-10-32-4-3-25-14)12(7-23)5-17(16)28-21-29-19(27-13-1-2-13)20-26-9-15(8-24)31(20)30-21/h5-6,9,13-14,25H,1-4,10-11H2,(H2,27,28,29,30)/t14-/m0/s1. The van der Waals surface area contributed by atoms with Crippen molar-refractivity contribution in [2.75, 3.05) is 37.0 Å². The van der Waals surface area contributed by atoms with Crippen LogP contribution in [0.5, 0.6) is 5.75 Å². The fraction of sp³-hybridized carbons (Fsp3) is 0.381. The van der Waals surface area contributed by atoms with E-state index in [0.29, 0.717) is 31.2 Å². The van der Waals surface area contributed by atoms with Gasteiger partial charge in [0.2, 0.25) is 5.95 Å². The number of hydrogen-bond donors (Lipinski definition) is 3. The van der Waals surface area contributed by atoms with Gasteiger partial charge in [0.15, 0.2) is 17.2 Å². The maximum atomic E-state index is 14.9. The molecule has 2 aliphatic rings. The molecular formula is C21H20FN9O2. The average molecular weight is 449 g/mol. The number of fused-ring (bicyclic) bond motifs is 1. The van der Waals surface area contributed by atoms with Crippen LogP contribution in [0.15, 0.2) is 18.3 Å². The topological polar surface area (TPSA) is 145 Å². The number of ether oxygens (including phenoxy) is 2. The highest BCUT2D eigenvalue weighted by Gasteiger charge is 2.24. The highest BCUT2D eigenvalue weighted by Crippen LogP contribution is 2.30. The lowest BCUT2D eigenvalue weighted by molar-refractivity contribution is 0.0592. The summed E-state index contributed by atoms with van der Waals surface area (Å²) in [5, 5.41) is 32.5. The molecule has 0 unspecified atom stereocenters. The van der Waals surface area contributed by atoms with Crippen molar-refractivity contribution in [1.29, 1.82) is 10.5 Å². The zero-order valence-electron chi connectivity index (χ0n) is 17.5. The van der Waals surface area contributed by atoms with Crippen LogP contribution in [0.2, 0.25) is 0 Å². The summed E-state index contributed by atoms with van der Waals surface area (Å²) >= 11 is 0. The lowest BCUT2D eigenvalue weighted by Gasteiger charge is -2.24. The Morgan fingerprint density at radius 2 is 2.18 bits per heavy atom. The first-order chi connectivity index (χ1) is 16.1. The second-order valence-corrected chi connectivity index (χ2v) is 7.80. The fourth-order valence-electron chi connectivity index (χ4n) is 3.42. The van der Waals surface area contributed by atoms with E-state index in [0.717, 1.165) is 18.9 Å². The number of nitrogens with one attached hydrogen (secondary N) is 3. The Balaban J connectivity index is 1.41. The SMILES string of the molecule is N#Cc1cc(Nc2nc(NC3CC3)c3ncc(C#N)n3n2)c(F)cc1OC[C@@H]1COCCN1. The number of morpholine rings is 1. The molecule has 168 valence electrons. The van der Waals surface area contributed by atoms with Crippen LogP contribution in [-0.2, 0) is 4.74 Å². The molecule has 2 fully saturated rings. The molecule has 33 heavy (non-hydrogen) atoms. The van der Waals surface area contributed by atoms with E-state index < -0.39 is 5.82 Å². The molecule has 0 radical (unpaired) electrons. The normalized spacial score (nSPS) is 17.8. The summed E-state index contributed by atoms with van der Waals surface area (Å²) in [5.74, 6) is 0.00452. The van der Waals surface area contributed by atoms with E-state index in [1.807, 2.05) is 12.1 Å². The van der Waals surface area contributed by atoms with Crippen molar-refractivity contribution in [3.8, 4) is 17.9 Å². The Bertz CT molecular complexity index is 1270. The first-order valence-electron chi connectivity index (χ1n) is 10.5. The Morgan fingerprint density at radius 3 is 2.91 bits per heavy atom. The summed E-state index contributed by atoms with van der Waals surface area (Å²) in [6.45, 7) is 2.08. The van der Waals surface area contributed by atoms with E-state index in [4.69, 9.17) is 9.47 Å². The molecule has 0 bridgehead atoms. The van der Waals surface area contributed by atoms with Gasteiger partial charge in [-0.3, -0.25) is 0 Å². The van der Waals surface area contributed by atoms with Crippen molar-refractivity contribution in [3.63, 3.8) is 0 Å². The van der Waals surface area contributed by atoms with Crippen molar-refractivity contribution >= 4 is 23.1 Å². The Kier molecular flexibility index (Phi) is 5.60. The van der Waals surface area contributed by atoms with Crippen molar-refractivity contribution in [1.82, 2.24) is 24.9 Å². The Morgan fingerprint density at radius 1 is 1.30 bits per heavy atom. The van der Waals surface area contributed by atoms with Crippen LogP contribution >= 0.6 is 0 Å². The van der Waals surface area contributed by atoms with Gasteiger partial charge in [0.05, 0.1) is 36.7 Å². The Hall–Kier alpha value is -4.00. The molecule has 1 aliphatic carbocycles. The molecule has 1 saturated heterocycles. The van der Waals surface area contributed by atoms with Gasteiger partial charge in [0.1, 0.15) is 30.3 Å². The predicted octanol–water partition coefficient (Wildman–Crippen LogP) is 1.69. The van der Waals surface area contributed by atoms with Gasteiger partial charge >= 0.3 is 0 Å². The second kappa shape index (κ2) is 8.86. The highest BCUT2D eigenvalue weighted by atomic mass is 19.1. The van der Waals surface area contributed by atoms with Crippen LogP contribution in [0.25, 0.3) is 5.65 Å². The number of aromatic nitrogens is 4. The number of hydrogen-bond acceptors (Lipinski definition) is 10. The summed E-state index contributed by atoms with van der Waals surface area (Å²) < 4.78 is 27.3. The fourth-order valence-corrected chi connectivity index (χ4v) is 3.42. The van der Waals surface area contributed by atoms with Crippen LogP contribution in [0, 0.1) is 28.5 Å². The molecular weight excluding hydrogens is 429 g/mol. The summed E-state index contributed by atoms with van der Waals surface area (Å²) in [5.41, 5.74) is 0.796. The number of imidazole rings is 1. The first kappa shape index (κ1) is 20.9. The summed E-state index contributed by atoms with van der Waals surface area (Å²) in [4.78, 5) is 8.62. The highest BCUT2D eigenvalue weighted by molar-refractivity contribution is 5.68. The molecule has 2 aromatic heterocycles. The van der Waals surface area contributed by atoms with Crippen LogP contribution in [-0.4, -0.2) is 58.0 Å². The van der Waals surface area contributed by atoms with Crippen LogP contribution in [0.3, 0.4) is 0 Å². The minimum absolute atomic E-state index is 0.00775. The second-order valence-electron chi connectivity index (χ2n) is 7.80. The van der Waals surface area contributed by atoms with Crippen LogP contribution < -0.4 is 20.7 Å². The van der Waals surface area contributed by atoms with E-state index in [1.54, 1.807) is 0 Å². The smallest absolute Gasteiger partial charge is 0.247 e. The summed E-state index contributed by atoms with van der Waals surface area (Å²) in [6, 6.07) is 6.80. The lowest BCUT2D eigenvalue weighted by atomic mass is 10.2. The van der Waals surface area contributed by atoms with E-state index in [2.05, 4.69) is 31.0 Å². The summed E-state index contributed by atoms with van der Waals surface area (Å²) in [6.07, 6.45) is 3.42. The van der Waals surface area contributed by atoms with Gasteiger partial charge in [-0.05, 0) is 18.9 Å². The minimum atomic E-state index is -0.636. The largest absolute Gasteiger partial charge is 0.490 e. The number of rotatable bonds is 7. The minimum Gasteiger partial charge on any atom is -0.490 e. The van der Waals surface area contributed by atoms with Crippen molar-refractivity contribution in [2.24, 2.45) is 0 Å². The van der Waals surface area contributed by atoms with Gasteiger partial charge in [-0.2, -0.15) is 20.0 Å². The molecule has 0 spiro atoms. The molecule has 1 saturated carbocycles. The van der Waals surface area contributed by atoms with Crippen LogP contribution in [0.4, 0.5) is 21.8 Å². The van der Waals surface area contributed by atoms with Gasteiger partial charge in [-0.1, -0.05) is 0 Å².